The van der Waals surface area contributed by atoms with Crippen LogP contribution in [0.1, 0.15) is 104 Å². The zero-order chi connectivity index (χ0) is 26.9. The third-order valence-corrected chi connectivity index (χ3v) is 14.2. The Bertz CT molecular complexity index is 906. The maximum absolute atomic E-state index is 12.5. The summed E-state index contributed by atoms with van der Waals surface area (Å²) in [7, 11) is 4.94. The SMILES string of the molecule is CC(=O)OC1C([N+]2(C)CCCCC2)CC2C3CCC4CC(O)C([N+]5(C)CCCCC5)CC4(C)C3CCC21C.[Br-].[Br-]. The number of carbonyl (C=O) groups excluding carboxylic acids is 1. The summed E-state index contributed by atoms with van der Waals surface area (Å²) in [5.41, 5.74) is 0.448. The molecule has 10 atom stereocenters. The van der Waals surface area contributed by atoms with Gasteiger partial charge in [-0.15, -0.1) is 0 Å². The molecular weight excluding hydrogens is 632 g/mol. The Kier molecular flexibility index (Phi) is 9.97. The second kappa shape index (κ2) is 12.0. The lowest BCUT2D eigenvalue weighted by Gasteiger charge is -2.63. The number of quaternary nitrogens is 2. The van der Waals surface area contributed by atoms with Crippen LogP contribution in [0.5, 0.6) is 0 Å². The summed E-state index contributed by atoms with van der Waals surface area (Å²) in [6.45, 7) is 11.8. The average Bonchev–Trinajstić information content (AvgIpc) is 3.17. The van der Waals surface area contributed by atoms with Gasteiger partial charge in [0.05, 0.1) is 40.3 Å². The van der Waals surface area contributed by atoms with Crippen molar-refractivity contribution in [2.75, 3.05) is 40.3 Å². The van der Waals surface area contributed by atoms with Crippen molar-refractivity contribution in [2.24, 2.45) is 34.5 Å². The van der Waals surface area contributed by atoms with Crippen LogP contribution in [0, 0.1) is 34.5 Å². The minimum Gasteiger partial charge on any atom is -1.00 e. The van der Waals surface area contributed by atoms with Gasteiger partial charge < -0.3 is 52.8 Å². The van der Waals surface area contributed by atoms with Gasteiger partial charge in [0, 0.05) is 25.2 Å². The summed E-state index contributed by atoms with van der Waals surface area (Å²) in [4.78, 5) is 12.5. The highest BCUT2D eigenvalue weighted by molar-refractivity contribution is 5.66. The van der Waals surface area contributed by atoms with Crippen molar-refractivity contribution < 1.29 is 57.6 Å². The predicted molar refractivity (Wildman–Crippen MR) is 151 cm³/mol. The van der Waals surface area contributed by atoms with E-state index < -0.39 is 0 Å². The number of aliphatic hydroxyl groups excluding tert-OH is 1. The number of aliphatic hydroxyl groups is 1. The average molecular weight is 691 g/mol. The number of carbonyl (C=O) groups is 1. The summed E-state index contributed by atoms with van der Waals surface area (Å²) in [6.07, 6.45) is 16.5. The van der Waals surface area contributed by atoms with E-state index in [4.69, 9.17) is 4.74 Å². The number of ether oxygens (including phenoxy) is 1. The first kappa shape index (κ1) is 33.2. The van der Waals surface area contributed by atoms with E-state index in [0.29, 0.717) is 29.3 Å². The van der Waals surface area contributed by atoms with Crippen LogP contribution in [-0.2, 0) is 9.53 Å². The van der Waals surface area contributed by atoms with Crippen LogP contribution in [0.25, 0.3) is 0 Å². The molecular formula is C33H58Br2N2O3. The number of rotatable bonds is 3. The molecule has 2 saturated heterocycles. The van der Waals surface area contributed by atoms with E-state index in [1.54, 1.807) is 6.92 Å². The fourth-order valence-corrected chi connectivity index (χ4v) is 12.0. The van der Waals surface area contributed by atoms with E-state index in [1.165, 1.54) is 103 Å². The molecule has 0 radical (unpaired) electrons. The Balaban J connectivity index is 0.00000185. The van der Waals surface area contributed by atoms with E-state index in [2.05, 4.69) is 27.9 Å². The van der Waals surface area contributed by atoms with Crippen molar-refractivity contribution in [3.63, 3.8) is 0 Å². The lowest BCUT2D eigenvalue weighted by molar-refractivity contribution is -0.943. The van der Waals surface area contributed by atoms with Gasteiger partial charge in [0.1, 0.15) is 18.2 Å². The summed E-state index contributed by atoms with van der Waals surface area (Å²) in [5.74, 6) is 2.76. The number of nitrogens with zero attached hydrogens (tertiary/aromatic N) is 2. The van der Waals surface area contributed by atoms with Crippen LogP contribution in [0.3, 0.4) is 0 Å². The number of likely N-dealkylation sites (tertiary alicyclic amines) is 2. The van der Waals surface area contributed by atoms with Crippen LogP contribution >= 0.6 is 0 Å². The Morgan fingerprint density at radius 3 is 1.93 bits per heavy atom. The van der Waals surface area contributed by atoms with E-state index in [-0.39, 0.29) is 57.6 Å². The minimum atomic E-state index is -0.130. The highest BCUT2D eigenvalue weighted by atomic mass is 79.9. The minimum absolute atomic E-state index is 0. The Hall–Kier alpha value is 0.310. The van der Waals surface area contributed by atoms with Crippen molar-refractivity contribution in [3.05, 3.63) is 0 Å². The van der Waals surface area contributed by atoms with Crippen molar-refractivity contribution in [1.29, 1.82) is 0 Å². The molecule has 232 valence electrons. The molecule has 40 heavy (non-hydrogen) atoms. The molecule has 4 aliphatic carbocycles. The summed E-state index contributed by atoms with van der Waals surface area (Å²) >= 11 is 0. The maximum Gasteiger partial charge on any atom is 0.303 e. The van der Waals surface area contributed by atoms with Gasteiger partial charge in [-0.1, -0.05) is 13.8 Å². The van der Waals surface area contributed by atoms with Gasteiger partial charge in [0.2, 0.25) is 0 Å². The molecule has 0 bridgehead atoms. The molecule has 0 aromatic carbocycles. The van der Waals surface area contributed by atoms with Crippen molar-refractivity contribution in [2.45, 2.75) is 129 Å². The topological polar surface area (TPSA) is 46.5 Å². The summed E-state index contributed by atoms with van der Waals surface area (Å²) in [6, 6.07) is 0.865. The van der Waals surface area contributed by atoms with Crippen molar-refractivity contribution >= 4 is 5.97 Å². The van der Waals surface area contributed by atoms with E-state index in [0.717, 1.165) is 27.2 Å². The zero-order valence-electron chi connectivity index (χ0n) is 26.1. The predicted octanol–water partition coefficient (Wildman–Crippen LogP) is -0.452. The van der Waals surface area contributed by atoms with Gasteiger partial charge >= 0.3 is 5.97 Å². The summed E-state index contributed by atoms with van der Waals surface area (Å²) < 4.78 is 8.58. The lowest BCUT2D eigenvalue weighted by atomic mass is 9.44. The molecule has 10 unspecified atom stereocenters. The first-order chi connectivity index (χ1) is 18.0. The second-order valence-electron chi connectivity index (χ2n) is 16.1. The monoisotopic (exact) mass is 688 g/mol. The van der Waals surface area contributed by atoms with E-state index >= 15 is 0 Å². The Labute approximate surface area is 265 Å². The highest BCUT2D eigenvalue weighted by Gasteiger charge is 2.67. The third-order valence-electron chi connectivity index (χ3n) is 14.2. The molecule has 4 saturated carbocycles. The lowest BCUT2D eigenvalue weighted by Crippen LogP contribution is -3.00. The van der Waals surface area contributed by atoms with Gasteiger partial charge in [-0.2, -0.15) is 0 Å². The molecule has 5 nitrogen and oxygen atoms in total. The smallest absolute Gasteiger partial charge is 0.303 e. The number of fused-ring (bicyclic) bond motifs is 5. The molecule has 6 fully saturated rings. The van der Waals surface area contributed by atoms with Crippen LogP contribution in [0.15, 0.2) is 0 Å². The number of likely N-dealkylation sites (N-methyl/N-ethyl adjacent to an activating group) is 2. The van der Waals surface area contributed by atoms with Crippen molar-refractivity contribution in [1.82, 2.24) is 0 Å². The van der Waals surface area contributed by atoms with Crippen LogP contribution in [0.2, 0.25) is 0 Å². The van der Waals surface area contributed by atoms with Gasteiger partial charge in [0.15, 0.2) is 6.10 Å². The van der Waals surface area contributed by atoms with Gasteiger partial charge in [-0.05, 0) is 99.7 Å². The fourth-order valence-electron chi connectivity index (χ4n) is 12.0. The second-order valence-corrected chi connectivity index (χ2v) is 16.1. The quantitative estimate of drug-likeness (QED) is 0.323. The summed E-state index contributed by atoms with van der Waals surface area (Å²) in [5, 5.41) is 11.5. The van der Waals surface area contributed by atoms with E-state index in [1.807, 2.05) is 0 Å². The standard InChI is InChI=1S/C33H58N2O3.2BrH/c1-23(36)38-31-28(34(4)16-8-6-9-17-34)21-27-25-13-12-24-20-30(37)29(35(5)18-10-7-11-19-35)22-33(24,3)26(25)14-15-32(27,31)2;;/h24-31,37H,6-22H2,1-5H3;2*1H/q+2;;/p-2. The number of halogens is 2. The number of esters is 1. The first-order valence-electron chi connectivity index (χ1n) is 16.5. The molecule has 0 aromatic heterocycles. The Morgan fingerprint density at radius 1 is 0.775 bits per heavy atom. The van der Waals surface area contributed by atoms with Crippen LogP contribution in [-0.4, -0.2) is 84.6 Å². The molecule has 1 N–H and O–H groups in total. The van der Waals surface area contributed by atoms with Gasteiger partial charge in [0.25, 0.3) is 0 Å². The fraction of sp³-hybridized carbons (Fsp3) is 0.970. The molecule has 6 aliphatic rings. The molecule has 0 aromatic rings. The number of piperidine rings is 2. The zero-order valence-corrected chi connectivity index (χ0v) is 29.2. The molecule has 6 rings (SSSR count). The number of hydrogen-bond donors (Lipinski definition) is 1. The highest BCUT2D eigenvalue weighted by Crippen LogP contribution is 2.67. The van der Waals surface area contributed by atoms with Crippen molar-refractivity contribution in [3.8, 4) is 0 Å². The molecule has 2 heterocycles. The molecule has 0 spiro atoms. The first-order valence-corrected chi connectivity index (χ1v) is 16.5. The maximum atomic E-state index is 12.5. The van der Waals surface area contributed by atoms with Gasteiger partial charge in [-0.25, -0.2) is 0 Å². The Morgan fingerprint density at radius 2 is 1.35 bits per heavy atom. The number of hydrogen-bond acceptors (Lipinski definition) is 3. The van der Waals surface area contributed by atoms with Crippen LogP contribution < -0.4 is 34.0 Å². The molecule has 0 amide bonds. The van der Waals surface area contributed by atoms with Gasteiger partial charge in [-0.3, -0.25) is 4.79 Å². The molecule has 7 heteroatoms. The van der Waals surface area contributed by atoms with Crippen LogP contribution in [0.4, 0.5) is 0 Å². The van der Waals surface area contributed by atoms with E-state index in [9.17, 15) is 9.90 Å². The normalized spacial score (nSPS) is 47.4. The third kappa shape index (κ3) is 5.30. The molecule has 2 aliphatic heterocycles. The largest absolute Gasteiger partial charge is 1.00 e.